The van der Waals surface area contributed by atoms with Gasteiger partial charge in [-0.05, 0) is 18.6 Å². The van der Waals surface area contributed by atoms with Gasteiger partial charge in [-0.25, -0.2) is 4.79 Å². The molecule has 164 valence electrons. The molecule has 1 fully saturated rings. The van der Waals surface area contributed by atoms with Crippen molar-refractivity contribution in [1.29, 1.82) is 0 Å². The van der Waals surface area contributed by atoms with Crippen LogP contribution in [-0.2, 0) is 20.8 Å². The molecular weight excluding hydrogens is 400 g/mol. The normalized spacial score (nSPS) is 19.0. The number of rotatable bonds is 5. The summed E-state index contributed by atoms with van der Waals surface area (Å²) < 4.78 is 17.8. The molecule has 1 saturated heterocycles. The average Bonchev–Trinajstić information content (AvgIpc) is 2.78. The minimum absolute atomic E-state index is 0.0712. The van der Waals surface area contributed by atoms with E-state index in [-0.39, 0.29) is 17.0 Å². The number of carbonyl (C=O) groups excluding carboxylic acids is 1. The highest BCUT2D eigenvalue weighted by molar-refractivity contribution is 5.92. The second-order valence-corrected chi connectivity index (χ2v) is 7.57. The number of aryl methyl sites for hydroxylation is 1. The number of carbonyl (C=O) groups is 1. The Bertz CT molecular complexity index is 1060. The Kier molecular flexibility index (Phi) is 6.06. The quantitative estimate of drug-likeness (QED) is 0.698. The Morgan fingerprint density at radius 3 is 2.77 bits per heavy atom. The van der Waals surface area contributed by atoms with Crippen molar-refractivity contribution in [3.63, 3.8) is 0 Å². The van der Waals surface area contributed by atoms with E-state index in [0.717, 1.165) is 25.3 Å². The van der Waals surface area contributed by atoms with Gasteiger partial charge in [-0.2, -0.15) is 0 Å². The molecule has 9 nitrogen and oxygen atoms in total. The van der Waals surface area contributed by atoms with Crippen molar-refractivity contribution >= 4 is 5.97 Å². The lowest BCUT2D eigenvalue weighted by Gasteiger charge is -2.30. The Morgan fingerprint density at radius 2 is 2.10 bits per heavy atom. The number of ether oxygens (including phenoxy) is 3. The summed E-state index contributed by atoms with van der Waals surface area (Å²) in [6, 6.07) is 5.35. The summed E-state index contributed by atoms with van der Waals surface area (Å²) >= 11 is 0. The van der Waals surface area contributed by atoms with Gasteiger partial charge in [0.15, 0.2) is 0 Å². The number of methoxy groups -OCH3 is 1. The van der Waals surface area contributed by atoms with E-state index < -0.39 is 11.9 Å². The minimum Gasteiger partial charge on any atom is -0.465 e. The number of hydrogen-bond acceptors (Lipinski definition) is 8. The van der Waals surface area contributed by atoms with Gasteiger partial charge >= 0.3 is 5.97 Å². The number of nitrogens with zero attached hydrogens (tertiary/aromatic N) is 3. The second-order valence-electron chi connectivity index (χ2n) is 7.57. The first kappa shape index (κ1) is 21.1. The van der Waals surface area contributed by atoms with E-state index in [1.165, 1.54) is 7.11 Å². The number of pyridine rings is 2. The SMILES string of the molecule is COC(=O)C1=C(N)Oc2cc(C)n(CCN3CCOCC3)c(=O)c2[C@H]1c1cccnc1. The number of nitrogens with two attached hydrogens (primary N) is 1. The summed E-state index contributed by atoms with van der Waals surface area (Å²) in [7, 11) is 1.27. The number of hydrogen-bond donors (Lipinski definition) is 1. The highest BCUT2D eigenvalue weighted by Gasteiger charge is 2.38. The summed E-state index contributed by atoms with van der Waals surface area (Å²) in [6.45, 7) is 6.17. The fraction of sp³-hybridized carbons (Fsp3) is 0.409. The number of morpholine rings is 1. The van der Waals surface area contributed by atoms with Crippen LogP contribution < -0.4 is 16.0 Å². The fourth-order valence-corrected chi connectivity index (χ4v) is 4.12. The van der Waals surface area contributed by atoms with Crippen LogP contribution in [0.5, 0.6) is 5.75 Å². The smallest absolute Gasteiger partial charge is 0.340 e. The Morgan fingerprint density at radius 1 is 1.32 bits per heavy atom. The van der Waals surface area contributed by atoms with Crippen LogP contribution in [-0.4, -0.2) is 60.4 Å². The maximum absolute atomic E-state index is 13.7. The van der Waals surface area contributed by atoms with Crippen molar-refractivity contribution in [2.24, 2.45) is 5.73 Å². The lowest BCUT2D eigenvalue weighted by atomic mass is 9.84. The summed E-state index contributed by atoms with van der Waals surface area (Å²) in [4.78, 5) is 32.7. The zero-order chi connectivity index (χ0) is 22.0. The molecular formula is C22H26N4O5. The zero-order valence-corrected chi connectivity index (χ0v) is 17.7. The molecule has 0 amide bonds. The van der Waals surface area contributed by atoms with E-state index in [2.05, 4.69) is 9.88 Å². The topological polar surface area (TPSA) is 109 Å². The van der Waals surface area contributed by atoms with Gasteiger partial charge in [0.25, 0.3) is 5.56 Å². The predicted octanol–water partition coefficient (Wildman–Crippen LogP) is 0.752. The van der Waals surface area contributed by atoms with E-state index in [9.17, 15) is 9.59 Å². The van der Waals surface area contributed by atoms with Crippen LogP contribution >= 0.6 is 0 Å². The van der Waals surface area contributed by atoms with Crippen molar-refractivity contribution in [3.05, 3.63) is 69.2 Å². The minimum atomic E-state index is -0.729. The Hall–Kier alpha value is -3.17. The predicted molar refractivity (Wildman–Crippen MR) is 113 cm³/mol. The molecule has 2 N–H and O–H groups in total. The van der Waals surface area contributed by atoms with Gasteiger partial charge in [-0.1, -0.05) is 6.07 Å². The molecule has 2 aliphatic heterocycles. The second kappa shape index (κ2) is 8.91. The van der Waals surface area contributed by atoms with Crippen molar-refractivity contribution in [3.8, 4) is 5.75 Å². The Labute approximate surface area is 180 Å². The first-order valence-corrected chi connectivity index (χ1v) is 10.2. The molecule has 2 aliphatic rings. The monoisotopic (exact) mass is 426 g/mol. The van der Waals surface area contributed by atoms with Gasteiger partial charge in [0, 0.05) is 50.3 Å². The molecule has 0 spiro atoms. The molecule has 9 heteroatoms. The summed E-state index contributed by atoms with van der Waals surface area (Å²) in [5.74, 6) is -1.09. The van der Waals surface area contributed by atoms with Gasteiger partial charge in [0.1, 0.15) is 11.3 Å². The molecule has 0 aliphatic carbocycles. The number of esters is 1. The van der Waals surface area contributed by atoms with Crippen molar-refractivity contribution in [2.45, 2.75) is 19.4 Å². The van der Waals surface area contributed by atoms with E-state index in [0.29, 0.717) is 36.6 Å². The molecule has 1 atom stereocenters. The largest absolute Gasteiger partial charge is 0.465 e. The van der Waals surface area contributed by atoms with Gasteiger partial charge < -0.3 is 24.5 Å². The molecule has 0 saturated carbocycles. The summed E-state index contributed by atoms with van der Waals surface area (Å²) in [5.41, 5.74) is 7.77. The molecule has 0 aromatic carbocycles. The summed E-state index contributed by atoms with van der Waals surface area (Å²) in [6.07, 6.45) is 3.25. The summed E-state index contributed by atoms with van der Waals surface area (Å²) in [5, 5.41) is 0. The van der Waals surface area contributed by atoms with Gasteiger partial charge in [0.05, 0.1) is 31.8 Å². The number of fused-ring (bicyclic) bond motifs is 1. The Balaban J connectivity index is 1.79. The standard InChI is InChI=1S/C22H26N4O5/c1-14-12-16-18(21(27)26(14)7-6-25-8-10-30-11-9-25)17(15-4-3-5-24-13-15)19(20(23)31-16)22(28)29-2/h3-5,12-13,17H,6-11,23H2,1-2H3/t17-/m1/s1. The molecule has 4 rings (SSSR count). The van der Waals surface area contributed by atoms with Crippen molar-refractivity contribution < 1.29 is 19.0 Å². The van der Waals surface area contributed by atoms with E-state index in [1.54, 1.807) is 35.2 Å². The lowest BCUT2D eigenvalue weighted by molar-refractivity contribution is -0.136. The first-order chi connectivity index (χ1) is 15.0. The van der Waals surface area contributed by atoms with E-state index in [1.807, 2.05) is 6.92 Å². The maximum Gasteiger partial charge on any atom is 0.340 e. The third-order valence-corrected chi connectivity index (χ3v) is 5.74. The lowest BCUT2D eigenvalue weighted by Crippen LogP contribution is -2.40. The third-order valence-electron chi connectivity index (χ3n) is 5.74. The van der Waals surface area contributed by atoms with Crippen molar-refractivity contribution in [2.75, 3.05) is 40.0 Å². The first-order valence-electron chi connectivity index (χ1n) is 10.2. The van der Waals surface area contributed by atoms with Crippen LogP contribution in [0.3, 0.4) is 0 Å². The van der Waals surface area contributed by atoms with Crippen LogP contribution in [0, 0.1) is 6.92 Å². The highest BCUT2D eigenvalue weighted by atomic mass is 16.5. The molecule has 2 aromatic rings. The third kappa shape index (κ3) is 4.06. The van der Waals surface area contributed by atoms with Crippen LogP contribution in [0.4, 0.5) is 0 Å². The van der Waals surface area contributed by atoms with Gasteiger partial charge in [-0.3, -0.25) is 14.7 Å². The van der Waals surface area contributed by atoms with E-state index >= 15 is 0 Å². The van der Waals surface area contributed by atoms with Gasteiger partial charge in [-0.15, -0.1) is 0 Å². The number of aromatic nitrogens is 2. The molecule has 0 unspecified atom stereocenters. The molecule has 0 radical (unpaired) electrons. The fourth-order valence-electron chi connectivity index (χ4n) is 4.12. The van der Waals surface area contributed by atoms with Gasteiger partial charge in [0.2, 0.25) is 5.88 Å². The van der Waals surface area contributed by atoms with Crippen LogP contribution in [0.25, 0.3) is 0 Å². The molecule has 2 aromatic heterocycles. The molecule has 0 bridgehead atoms. The highest BCUT2D eigenvalue weighted by Crippen LogP contribution is 2.40. The van der Waals surface area contributed by atoms with Crippen LogP contribution in [0.1, 0.15) is 22.7 Å². The molecule has 31 heavy (non-hydrogen) atoms. The van der Waals surface area contributed by atoms with Crippen LogP contribution in [0.2, 0.25) is 0 Å². The average molecular weight is 426 g/mol. The maximum atomic E-state index is 13.7. The molecule has 4 heterocycles. The van der Waals surface area contributed by atoms with Crippen LogP contribution in [0.15, 0.2) is 46.8 Å². The van der Waals surface area contributed by atoms with E-state index in [4.69, 9.17) is 19.9 Å². The van der Waals surface area contributed by atoms with Crippen molar-refractivity contribution in [1.82, 2.24) is 14.5 Å². The zero-order valence-electron chi connectivity index (χ0n) is 17.7.